The van der Waals surface area contributed by atoms with Crippen molar-refractivity contribution in [3.63, 3.8) is 0 Å². The second-order valence-corrected chi connectivity index (χ2v) is 9.48. The van der Waals surface area contributed by atoms with Crippen LogP contribution in [-0.4, -0.2) is 34.4 Å². The van der Waals surface area contributed by atoms with Gasteiger partial charge in [-0.15, -0.1) is 0 Å². The molecule has 4 rings (SSSR count). The quantitative estimate of drug-likeness (QED) is 0.537. The molecule has 0 aromatic carbocycles. The van der Waals surface area contributed by atoms with Crippen molar-refractivity contribution in [3.05, 3.63) is 53.0 Å². The number of hydrogen-bond donors (Lipinski definition) is 0. The highest BCUT2D eigenvalue weighted by Gasteiger charge is 2.39. The summed E-state index contributed by atoms with van der Waals surface area (Å²) in [6.45, 7) is 1.65. The summed E-state index contributed by atoms with van der Waals surface area (Å²) in [5.41, 5.74) is -1.95. The molecule has 0 saturated heterocycles. The van der Waals surface area contributed by atoms with E-state index in [9.17, 15) is 35.2 Å². The van der Waals surface area contributed by atoms with Crippen LogP contribution in [0.3, 0.4) is 0 Å². The molecule has 0 radical (unpaired) electrons. The first-order chi connectivity index (χ1) is 14.7. The van der Waals surface area contributed by atoms with Crippen LogP contribution < -0.4 is 4.90 Å². The number of anilines is 1. The van der Waals surface area contributed by atoms with E-state index in [0.717, 1.165) is 21.6 Å². The van der Waals surface area contributed by atoms with E-state index in [1.807, 2.05) is 0 Å². The highest BCUT2D eigenvalue weighted by Crippen LogP contribution is 2.37. The Kier molecular flexibility index (Phi) is 4.81. The number of carbonyl (C=O) groups excluding carboxylic acids is 1. The van der Waals surface area contributed by atoms with Crippen molar-refractivity contribution in [1.82, 2.24) is 14.4 Å². The topological polar surface area (TPSA) is 84.6 Å². The van der Waals surface area contributed by atoms with Gasteiger partial charge in [0.15, 0.2) is 20.7 Å². The van der Waals surface area contributed by atoms with Crippen LogP contribution in [0.5, 0.6) is 0 Å². The summed E-state index contributed by atoms with van der Waals surface area (Å²) < 4.78 is 93.3. The van der Waals surface area contributed by atoms with Gasteiger partial charge < -0.3 is 0 Å². The lowest BCUT2D eigenvalue weighted by molar-refractivity contribution is -0.137. The van der Waals surface area contributed by atoms with Gasteiger partial charge in [-0.25, -0.2) is 22.2 Å². The third-order valence-electron chi connectivity index (χ3n) is 5.08. The number of alkyl halides is 5. The minimum Gasteiger partial charge on any atom is -0.288 e. The van der Waals surface area contributed by atoms with E-state index in [4.69, 9.17) is 0 Å². The van der Waals surface area contributed by atoms with Gasteiger partial charge in [0.1, 0.15) is 5.65 Å². The monoisotopic (exact) mass is 474 g/mol. The number of imidazole rings is 1. The summed E-state index contributed by atoms with van der Waals surface area (Å²) in [6, 6.07) is 2.90. The Hall–Kier alpha value is -3.09. The Balaban J connectivity index is 1.91. The SMILES string of the molecule is CCS(=O)(=O)c1c(N2Cc3ncc(C(F)(F)F)cc3C2=O)nc2ccc(C(C)(F)F)cn12. The number of pyridine rings is 2. The molecule has 0 fully saturated rings. The first-order valence-electron chi connectivity index (χ1n) is 9.25. The molecule has 3 aromatic heterocycles. The molecule has 1 aliphatic heterocycles. The number of halogens is 5. The molecule has 7 nitrogen and oxygen atoms in total. The Morgan fingerprint density at radius 1 is 1.12 bits per heavy atom. The van der Waals surface area contributed by atoms with Gasteiger partial charge in [0.25, 0.3) is 11.8 Å². The van der Waals surface area contributed by atoms with Gasteiger partial charge in [0.2, 0.25) is 0 Å². The lowest BCUT2D eigenvalue weighted by atomic mass is 10.1. The summed E-state index contributed by atoms with van der Waals surface area (Å²) in [7, 11) is -4.09. The zero-order valence-electron chi connectivity index (χ0n) is 16.6. The van der Waals surface area contributed by atoms with Crippen LogP contribution in [0.25, 0.3) is 5.65 Å². The van der Waals surface area contributed by atoms with Crippen molar-refractivity contribution in [2.75, 3.05) is 10.7 Å². The fraction of sp³-hybridized carbons (Fsp3) is 0.316. The van der Waals surface area contributed by atoms with Gasteiger partial charge in [0.05, 0.1) is 29.1 Å². The summed E-state index contributed by atoms with van der Waals surface area (Å²) in [5, 5.41) is -0.502. The number of carbonyl (C=O) groups is 1. The average molecular weight is 474 g/mol. The molecule has 0 saturated carbocycles. The van der Waals surface area contributed by atoms with Gasteiger partial charge in [-0.3, -0.25) is 19.1 Å². The van der Waals surface area contributed by atoms with E-state index in [2.05, 4.69) is 9.97 Å². The summed E-state index contributed by atoms with van der Waals surface area (Å²) in [6.07, 6.45) is -3.22. The van der Waals surface area contributed by atoms with Crippen molar-refractivity contribution in [3.8, 4) is 0 Å². The lowest BCUT2D eigenvalue weighted by Gasteiger charge is -2.15. The lowest BCUT2D eigenvalue weighted by Crippen LogP contribution is -2.26. The predicted octanol–water partition coefficient (Wildman–Crippen LogP) is 3.81. The minimum atomic E-state index is -4.72. The third-order valence-corrected chi connectivity index (χ3v) is 6.80. The minimum absolute atomic E-state index is 0.0145. The molecule has 3 aromatic rings. The Morgan fingerprint density at radius 3 is 2.41 bits per heavy atom. The Labute approximate surface area is 178 Å². The number of fused-ring (bicyclic) bond motifs is 2. The number of amides is 1. The van der Waals surface area contributed by atoms with Crippen LogP contribution in [0.1, 0.15) is 41.0 Å². The van der Waals surface area contributed by atoms with Gasteiger partial charge in [-0.2, -0.15) is 13.2 Å². The number of aromatic nitrogens is 3. The fourth-order valence-electron chi connectivity index (χ4n) is 3.37. The number of hydrogen-bond acceptors (Lipinski definition) is 5. The van der Waals surface area contributed by atoms with E-state index in [1.54, 1.807) is 0 Å². The second-order valence-electron chi connectivity index (χ2n) is 7.29. The normalized spacial score (nSPS) is 15.0. The molecule has 1 aliphatic rings. The van der Waals surface area contributed by atoms with Crippen LogP contribution in [0.4, 0.5) is 27.8 Å². The Morgan fingerprint density at radius 2 is 1.81 bits per heavy atom. The van der Waals surface area contributed by atoms with Crippen LogP contribution in [0, 0.1) is 0 Å². The van der Waals surface area contributed by atoms with E-state index >= 15 is 0 Å². The highest BCUT2D eigenvalue weighted by atomic mass is 32.2. The van der Waals surface area contributed by atoms with Crippen LogP contribution in [0.15, 0.2) is 35.6 Å². The van der Waals surface area contributed by atoms with E-state index in [-0.39, 0.29) is 29.3 Å². The molecule has 0 aliphatic carbocycles. The molecule has 32 heavy (non-hydrogen) atoms. The molecule has 0 spiro atoms. The molecule has 0 N–H and O–H groups in total. The molecule has 170 valence electrons. The number of sulfone groups is 1. The zero-order valence-corrected chi connectivity index (χ0v) is 17.4. The van der Waals surface area contributed by atoms with Crippen LogP contribution in [0.2, 0.25) is 0 Å². The van der Waals surface area contributed by atoms with E-state index < -0.39 is 49.7 Å². The van der Waals surface area contributed by atoms with Crippen molar-refractivity contribution >= 4 is 27.2 Å². The largest absolute Gasteiger partial charge is 0.417 e. The molecule has 1 amide bonds. The van der Waals surface area contributed by atoms with Gasteiger partial charge >= 0.3 is 6.18 Å². The number of nitrogens with zero attached hydrogens (tertiary/aromatic N) is 4. The van der Waals surface area contributed by atoms with Gasteiger partial charge in [0, 0.05) is 24.9 Å². The second kappa shape index (κ2) is 6.95. The van der Waals surface area contributed by atoms with Crippen LogP contribution >= 0.6 is 0 Å². The predicted molar refractivity (Wildman–Crippen MR) is 102 cm³/mol. The standard InChI is InChI=1S/C19H15F5N4O3S/c1-3-32(30,31)17-15(26-14-5-4-10(8-27(14)17)18(2,20)21)28-9-13-12(16(28)29)6-11(7-25-13)19(22,23)24/h4-8H,3,9H2,1-2H3. The van der Waals surface area contributed by atoms with Crippen molar-refractivity contribution in [1.29, 1.82) is 0 Å². The van der Waals surface area contributed by atoms with Crippen molar-refractivity contribution in [2.45, 2.75) is 37.5 Å². The molecule has 0 unspecified atom stereocenters. The smallest absolute Gasteiger partial charge is 0.288 e. The van der Waals surface area contributed by atoms with Gasteiger partial charge in [-0.1, -0.05) is 6.92 Å². The molecular weight excluding hydrogens is 459 g/mol. The summed E-state index contributed by atoms with van der Waals surface area (Å²) >= 11 is 0. The van der Waals surface area contributed by atoms with Crippen LogP contribution in [-0.2, 0) is 28.5 Å². The van der Waals surface area contributed by atoms with Gasteiger partial charge in [-0.05, 0) is 18.2 Å². The van der Waals surface area contributed by atoms with E-state index in [0.29, 0.717) is 19.2 Å². The maximum atomic E-state index is 13.8. The fourth-order valence-corrected chi connectivity index (χ4v) is 4.52. The average Bonchev–Trinajstić information content (AvgIpc) is 3.24. The maximum absolute atomic E-state index is 13.8. The first kappa shape index (κ1) is 22.1. The number of rotatable bonds is 4. The first-order valence-corrected chi connectivity index (χ1v) is 10.9. The Bertz CT molecular complexity index is 1360. The third kappa shape index (κ3) is 3.49. The summed E-state index contributed by atoms with van der Waals surface area (Å²) in [4.78, 5) is 21.6. The highest BCUT2D eigenvalue weighted by molar-refractivity contribution is 7.91. The molecule has 0 bridgehead atoms. The summed E-state index contributed by atoms with van der Waals surface area (Å²) in [5.74, 6) is -4.98. The zero-order chi connectivity index (χ0) is 23.6. The molecular formula is C19H15F5N4O3S. The van der Waals surface area contributed by atoms with E-state index in [1.165, 1.54) is 13.0 Å². The van der Waals surface area contributed by atoms with Crippen molar-refractivity contribution in [2.24, 2.45) is 0 Å². The maximum Gasteiger partial charge on any atom is 0.417 e. The molecule has 4 heterocycles. The molecule has 13 heteroatoms. The van der Waals surface area contributed by atoms with Crippen molar-refractivity contribution < 1.29 is 35.2 Å². The molecule has 0 atom stereocenters.